The molecule has 0 saturated carbocycles. The normalized spacial score (nSPS) is 7.29. The molecule has 0 bridgehead atoms. The number of hydrogen-bond donors (Lipinski definition) is 0. The van der Waals surface area contributed by atoms with Crippen LogP contribution >= 0.6 is 0 Å². The largest absolute Gasteiger partial charge is 0.499 e. The summed E-state index contributed by atoms with van der Waals surface area (Å²) in [5, 5.41) is 0. The molecular weight excluding hydrogens is 95.1 g/mol. The maximum absolute atomic E-state index is 4.81. The van der Waals surface area contributed by atoms with E-state index in [0.29, 0.717) is 0 Å². The first-order valence-corrected chi connectivity index (χ1v) is 2.03. The van der Waals surface area contributed by atoms with Crippen LogP contribution in [0.25, 0.3) is 0 Å². The van der Waals surface area contributed by atoms with Crippen molar-refractivity contribution in [1.29, 1.82) is 0 Å². The summed E-state index contributed by atoms with van der Waals surface area (Å²) in [6.07, 6.45) is 1.73. The highest BCUT2D eigenvalue weighted by Crippen LogP contribution is 1.83. The summed E-state index contributed by atoms with van der Waals surface area (Å²) in [4.78, 5) is 0. The molecule has 2 heteroatoms. The van der Waals surface area contributed by atoms with Crippen LogP contribution in [0.15, 0.2) is 12.8 Å². The second-order valence-corrected chi connectivity index (χ2v) is 1.35. The Morgan fingerprint density at radius 1 is 1.57 bits per heavy atom. The predicted molar refractivity (Wildman–Crippen MR) is 28.9 cm³/mol. The molecule has 0 aromatic carbocycles. The lowest BCUT2D eigenvalue weighted by molar-refractivity contribution is 0.180. The second-order valence-electron chi connectivity index (χ2n) is 1.35. The third kappa shape index (κ3) is 10.8. The van der Waals surface area contributed by atoms with Crippen LogP contribution in [0.5, 0.6) is 0 Å². The van der Waals surface area contributed by atoms with Gasteiger partial charge >= 0.3 is 0 Å². The maximum Gasteiger partial charge on any atom is 0.0922 e. The van der Waals surface area contributed by atoms with E-state index >= 15 is 0 Å². The lowest BCUT2D eigenvalue weighted by Crippen LogP contribution is -1.93. The van der Waals surface area contributed by atoms with Crippen molar-refractivity contribution in [3.05, 3.63) is 12.8 Å². The SMILES string of the molecule is C=COC(C)C.F. The summed E-state index contributed by atoms with van der Waals surface area (Å²) in [6, 6.07) is 0. The molecule has 7 heavy (non-hydrogen) atoms. The minimum Gasteiger partial charge on any atom is -0.499 e. The van der Waals surface area contributed by atoms with E-state index < -0.39 is 0 Å². The van der Waals surface area contributed by atoms with Crippen LogP contribution in [-0.4, -0.2) is 6.10 Å². The highest BCUT2D eigenvalue weighted by Gasteiger charge is 1.81. The van der Waals surface area contributed by atoms with E-state index in [1.807, 2.05) is 13.8 Å². The van der Waals surface area contributed by atoms with Crippen molar-refractivity contribution in [2.75, 3.05) is 0 Å². The standard InChI is InChI=1S/C5H10O.FH/c1-4-6-5(2)3;/h4-5H,1H2,2-3H3;1H. The van der Waals surface area contributed by atoms with Crippen LogP contribution in [0, 0.1) is 0 Å². The van der Waals surface area contributed by atoms with Gasteiger partial charge in [0, 0.05) is 0 Å². The minimum absolute atomic E-state index is 0. The molecule has 0 aliphatic carbocycles. The lowest BCUT2D eigenvalue weighted by atomic mass is 10.5. The van der Waals surface area contributed by atoms with Gasteiger partial charge in [-0.05, 0) is 13.8 Å². The summed E-state index contributed by atoms with van der Waals surface area (Å²) in [5.41, 5.74) is 0. The predicted octanol–water partition coefficient (Wildman–Crippen LogP) is 1.71. The highest BCUT2D eigenvalue weighted by atomic mass is 19.0. The van der Waals surface area contributed by atoms with Gasteiger partial charge in [-0.1, -0.05) is 6.58 Å². The summed E-state index contributed by atoms with van der Waals surface area (Å²) in [7, 11) is 0. The zero-order chi connectivity index (χ0) is 4.99. The number of ether oxygens (including phenoxy) is 1. The molecule has 0 saturated heterocycles. The van der Waals surface area contributed by atoms with E-state index in [9.17, 15) is 0 Å². The minimum atomic E-state index is 0. The van der Waals surface area contributed by atoms with Gasteiger partial charge < -0.3 is 4.74 Å². The molecule has 0 aromatic heterocycles. The van der Waals surface area contributed by atoms with Gasteiger partial charge in [0.1, 0.15) is 0 Å². The Hall–Kier alpha value is -0.530. The quantitative estimate of drug-likeness (QED) is 0.487. The molecule has 0 fully saturated rings. The van der Waals surface area contributed by atoms with Gasteiger partial charge in [-0.2, -0.15) is 0 Å². The Labute approximate surface area is 43.4 Å². The van der Waals surface area contributed by atoms with E-state index in [1.54, 1.807) is 0 Å². The molecule has 0 rings (SSSR count). The molecule has 44 valence electrons. The Balaban J connectivity index is 0. The molecule has 0 amide bonds. The zero-order valence-electron chi connectivity index (χ0n) is 4.68. The number of halogens is 1. The van der Waals surface area contributed by atoms with Crippen molar-refractivity contribution in [3.8, 4) is 0 Å². The maximum atomic E-state index is 4.81. The molecule has 0 aliphatic rings. The summed E-state index contributed by atoms with van der Waals surface area (Å²) < 4.78 is 4.81. The molecule has 1 nitrogen and oxygen atoms in total. The molecule has 0 heterocycles. The van der Waals surface area contributed by atoms with Crippen LogP contribution in [0.1, 0.15) is 13.8 Å². The van der Waals surface area contributed by atoms with Gasteiger partial charge in [-0.3, -0.25) is 4.70 Å². The van der Waals surface area contributed by atoms with Crippen LogP contribution in [0.4, 0.5) is 4.70 Å². The molecule has 0 unspecified atom stereocenters. The fourth-order valence-corrected chi connectivity index (χ4v) is 0.192. The second kappa shape index (κ2) is 5.47. The highest BCUT2D eigenvalue weighted by molar-refractivity contribution is 4.50. The smallest absolute Gasteiger partial charge is 0.0922 e. The number of hydrogen-bond acceptors (Lipinski definition) is 1. The van der Waals surface area contributed by atoms with Crippen LogP contribution in [-0.2, 0) is 4.74 Å². The van der Waals surface area contributed by atoms with Gasteiger partial charge in [0.05, 0.1) is 12.4 Å². The summed E-state index contributed by atoms with van der Waals surface area (Å²) in [6.45, 7) is 7.30. The molecule has 0 aliphatic heterocycles. The van der Waals surface area contributed by atoms with Gasteiger partial charge in [0.25, 0.3) is 0 Å². The molecule has 0 N–H and O–H groups in total. The fraction of sp³-hybridized carbons (Fsp3) is 0.600. The average molecular weight is 106 g/mol. The fourth-order valence-electron chi connectivity index (χ4n) is 0.192. The first-order chi connectivity index (χ1) is 2.77. The van der Waals surface area contributed by atoms with Crippen molar-refractivity contribution < 1.29 is 9.44 Å². The molecular formula is C5H11FO. The lowest BCUT2D eigenvalue weighted by Gasteiger charge is -1.99. The van der Waals surface area contributed by atoms with Gasteiger partial charge in [0.2, 0.25) is 0 Å². The van der Waals surface area contributed by atoms with E-state index in [0.717, 1.165) is 0 Å². The summed E-state index contributed by atoms with van der Waals surface area (Å²) in [5.74, 6) is 0. The van der Waals surface area contributed by atoms with Crippen LogP contribution < -0.4 is 0 Å². The van der Waals surface area contributed by atoms with Gasteiger partial charge in [0.15, 0.2) is 0 Å². The van der Waals surface area contributed by atoms with Crippen LogP contribution in [0.2, 0.25) is 0 Å². The van der Waals surface area contributed by atoms with E-state index in [4.69, 9.17) is 4.74 Å². The first kappa shape index (κ1) is 9.69. The van der Waals surface area contributed by atoms with Crippen molar-refractivity contribution in [1.82, 2.24) is 0 Å². The van der Waals surface area contributed by atoms with E-state index in [-0.39, 0.29) is 10.8 Å². The average Bonchev–Trinajstić information content (AvgIpc) is 1.35. The Kier molecular flexibility index (Phi) is 7.57. The van der Waals surface area contributed by atoms with Crippen molar-refractivity contribution >= 4 is 0 Å². The number of rotatable bonds is 2. The van der Waals surface area contributed by atoms with Crippen molar-refractivity contribution in [2.24, 2.45) is 0 Å². The molecule has 0 radical (unpaired) electrons. The monoisotopic (exact) mass is 106 g/mol. The Morgan fingerprint density at radius 3 is 2.00 bits per heavy atom. The third-order valence-electron chi connectivity index (χ3n) is 0.368. The van der Waals surface area contributed by atoms with E-state index in [2.05, 4.69) is 6.58 Å². The summed E-state index contributed by atoms with van der Waals surface area (Å²) >= 11 is 0. The first-order valence-electron chi connectivity index (χ1n) is 2.03. The van der Waals surface area contributed by atoms with Crippen molar-refractivity contribution in [2.45, 2.75) is 20.0 Å². The molecule has 0 spiro atoms. The van der Waals surface area contributed by atoms with Crippen LogP contribution in [0.3, 0.4) is 0 Å². The molecule has 0 aromatic rings. The Morgan fingerprint density at radius 2 is 2.00 bits per heavy atom. The van der Waals surface area contributed by atoms with Crippen molar-refractivity contribution in [3.63, 3.8) is 0 Å². The van der Waals surface area contributed by atoms with Gasteiger partial charge in [-0.25, -0.2) is 0 Å². The topological polar surface area (TPSA) is 9.23 Å². The van der Waals surface area contributed by atoms with Gasteiger partial charge in [-0.15, -0.1) is 0 Å². The zero-order valence-corrected chi connectivity index (χ0v) is 4.68. The third-order valence-corrected chi connectivity index (χ3v) is 0.368. The Bertz CT molecular complexity index is 43.3. The van der Waals surface area contributed by atoms with E-state index in [1.165, 1.54) is 6.26 Å². The molecule has 0 atom stereocenters.